The highest BCUT2D eigenvalue weighted by Crippen LogP contribution is 2.30. The number of rotatable bonds is 5. The van der Waals surface area contributed by atoms with Crippen LogP contribution in [0, 0.1) is 5.92 Å². The van der Waals surface area contributed by atoms with Crippen molar-refractivity contribution < 1.29 is 19.5 Å². The van der Waals surface area contributed by atoms with E-state index in [1.807, 2.05) is 0 Å². The van der Waals surface area contributed by atoms with Crippen molar-refractivity contribution in [2.45, 2.75) is 38.1 Å². The maximum atomic E-state index is 12.6. The summed E-state index contributed by atoms with van der Waals surface area (Å²) >= 11 is 0. The molecule has 0 radical (unpaired) electrons. The van der Waals surface area contributed by atoms with Crippen LogP contribution in [-0.2, 0) is 9.59 Å². The van der Waals surface area contributed by atoms with E-state index in [1.165, 1.54) is 0 Å². The average Bonchev–Trinajstić information content (AvgIpc) is 3.27. The molecule has 2 amide bonds. The van der Waals surface area contributed by atoms with Gasteiger partial charge in [0, 0.05) is 29.8 Å². The van der Waals surface area contributed by atoms with E-state index in [9.17, 15) is 14.4 Å². The van der Waals surface area contributed by atoms with Crippen LogP contribution in [0.1, 0.15) is 42.5 Å². The van der Waals surface area contributed by atoms with Gasteiger partial charge in [0.15, 0.2) is 0 Å². The molecule has 0 bridgehead atoms. The van der Waals surface area contributed by atoms with Gasteiger partial charge in [0.25, 0.3) is 5.91 Å². The highest BCUT2D eigenvalue weighted by Gasteiger charge is 2.32. The lowest BCUT2D eigenvalue weighted by atomic mass is 10.1. The van der Waals surface area contributed by atoms with Crippen molar-refractivity contribution in [3.05, 3.63) is 29.8 Å². The Hall–Kier alpha value is -2.37. The van der Waals surface area contributed by atoms with Gasteiger partial charge in [0.05, 0.1) is 6.42 Å². The van der Waals surface area contributed by atoms with Crippen LogP contribution in [0.25, 0.3) is 0 Å². The van der Waals surface area contributed by atoms with Gasteiger partial charge in [-0.1, -0.05) is 6.07 Å². The van der Waals surface area contributed by atoms with Crippen LogP contribution in [-0.4, -0.2) is 40.4 Å². The SMILES string of the molecule is O=C(O)CC1CCCN1C(=O)c1cccc(NC(=O)C2CC2)c1. The first-order valence-corrected chi connectivity index (χ1v) is 7.98. The number of nitrogens with one attached hydrogen (secondary N) is 1. The van der Waals surface area contributed by atoms with Gasteiger partial charge >= 0.3 is 5.97 Å². The van der Waals surface area contributed by atoms with Gasteiger partial charge in [-0.2, -0.15) is 0 Å². The number of hydrogen-bond acceptors (Lipinski definition) is 3. The van der Waals surface area contributed by atoms with Crippen LogP contribution in [0.2, 0.25) is 0 Å². The zero-order valence-electron chi connectivity index (χ0n) is 12.8. The molecule has 2 aliphatic rings. The Morgan fingerprint density at radius 2 is 2.00 bits per heavy atom. The van der Waals surface area contributed by atoms with Gasteiger partial charge in [-0.3, -0.25) is 14.4 Å². The Morgan fingerprint density at radius 1 is 1.22 bits per heavy atom. The number of hydrogen-bond donors (Lipinski definition) is 2. The summed E-state index contributed by atoms with van der Waals surface area (Å²) in [4.78, 5) is 37.0. The molecule has 2 N–H and O–H groups in total. The van der Waals surface area contributed by atoms with E-state index < -0.39 is 5.97 Å². The first-order chi connectivity index (χ1) is 11.0. The van der Waals surface area contributed by atoms with Crippen LogP contribution < -0.4 is 5.32 Å². The summed E-state index contributed by atoms with van der Waals surface area (Å²) in [5.41, 5.74) is 1.10. The second-order valence-corrected chi connectivity index (χ2v) is 6.24. The minimum absolute atomic E-state index is 0.000440. The molecule has 1 aromatic rings. The minimum atomic E-state index is -0.889. The topological polar surface area (TPSA) is 86.7 Å². The van der Waals surface area contributed by atoms with Gasteiger partial charge in [-0.15, -0.1) is 0 Å². The van der Waals surface area contributed by atoms with Gasteiger partial charge in [0.1, 0.15) is 0 Å². The minimum Gasteiger partial charge on any atom is -0.481 e. The maximum absolute atomic E-state index is 12.6. The van der Waals surface area contributed by atoms with E-state index in [-0.39, 0.29) is 30.2 Å². The molecule has 23 heavy (non-hydrogen) atoms. The molecule has 1 aliphatic heterocycles. The lowest BCUT2D eigenvalue weighted by Gasteiger charge is -2.23. The number of nitrogens with zero attached hydrogens (tertiary/aromatic N) is 1. The van der Waals surface area contributed by atoms with E-state index in [0.717, 1.165) is 25.7 Å². The molecular weight excluding hydrogens is 296 g/mol. The normalized spacial score (nSPS) is 20.3. The highest BCUT2D eigenvalue weighted by atomic mass is 16.4. The number of carboxylic acids is 1. The van der Waals surface area contributed by atoms with E-state index in [0.29, 0.717) is 17.8 Å². The molecule has 6 heteroatoms. The second-order valence-electron chi connectivity index (χ2n) is 6.24. The third-order valence-corrected chi connectivity index (χ3v) is 4.37. The quantitative estimate of drug-likeness (QED) is 0.871. The number of carbonyl (C=O) groups excluding carboxylic acids is 2. The van der Waals surface area contributed by atoms with Crippen molar-refractivity contribution in [2.24, 2.45) is 5.92 Å². The Labute approximate surface area is 134 Å². The Morgan fingerprint density at radius 3 is 2.70 bits per heavy atom. The smallest absolute Gasteiger partial charge is 0.305 e. The zero-order chi connectivity index (χ0) is 16.4. The maximum Gasteiger partial charge on any atom is 0.305 e. The Bertz CT molecular complexity index is 639. The van der Waals surface area contributed by atoms with E-state index >= 15 is 0 Å². The molecule has 1 unspecified atom stereocenters. The van der Waals surface area contributed by atoms with Gasteiger partial charge in [-0.05, 0) is 43.9 Å². The standard InChI is InChI=1S/C17H20N2O4/c20-15(21)10-14-5-2-8-19(14)17(23)12-3-1-4-13(9-12)18-16(22)11-6-7-11/h1,3-4,9,11,14H,2,5-8,10H2,(H,18,22)(H,20,21). The molecule has 6 nitrogen and oxygen atoms in total. The number of carboxylic acid groups (broad SMARTS) is 1. The Kier molecular flexibility index (Phi) is 4.32. The predicted octanol–water partition coefficient (Wildman–Crippen LogP) is 2.11. The third-order valence-electron chi connectivity index (χ3n) is 4.37. The fourth-order valence-electron chi connectivity index (χ4n) is 3.00. The molecular formula is C17H20N2O4. The third kappa shape index (κ3) is 3.70. The lowest BCUT2D eigenvalue weighted by molar-refractivity contribution is -0.138. The molecule has 1 saturated heterocycles. The molecule has 1 saturated carbocycles. The fourth-order valence-corrected chi connectivity index (χ4v) is 3.00. The largest absolute Gasteiger partial charge is 0.481 e. The first-order valence-electron chi connectivity index (χ1n) is 7.98. The molecule has 1 heterocycles. The highest BCUT2D eigenvalue weighted by molar-refractivity contribution is 5.98. The van der Waals surface area contributed by atoms with Crippen molar-refractivity contribution in [1.82, 2.24) is 4.90 Å². The van der Waals surface area contributed by atoms with Gasteiger partial charge in [0.2, 0.25) is 5.91 Å². The van der Waals surface area contributed by atoms with Crippen molar-refractivity contribution in [2.75, 3.05) is 11.9 Å². The fraction of sp³-hybridized carbons (Fsp3) is 0.471. The van der Waals surface area contributed by atoms with Crippen LogP contribution in [0.5, 0.6) is 0 Å². The number of anilines is 1. The van der Waals surface area contributed by atoms with Crippen LogP contribution in [0.3, 0.4) is 0 Å². The molecule has 1 atom stereocenters. The van der Waals surface area contributed by atoms with Crippen LogP contribution >= 0.6 is 0 Å². The summed E-state index contributed by atoms with van der Waals surface area (Å²) in [5.74, 6) is -0.955. The molecule has 1 aromatic carbocycles. The van der Waals surface area contributed by atoms with Crippen molar-refractivity contribution in [1.29, 1.82) is 0 Å². The van der Waals surface area contributed by atoms with Gasteiger partial charge in [-0.25, -0.2) is 0 Å². The Balaban J connectivity index is 1.71. The number of amides is 2. The number of likely N-dealkylation sites (tertiary alicyclic amines) is 1. The number of aliphatic carboxylic acids is 1. The van der Waals surface area contributed by atoms with Crippen LogP contribution in [0.15, 0.2) is 24.3 Å². The first kappa shape index (κ1) is 15.5. The second kappa shape index (κ2) is 6.40. The van der Waals surface area contributed by atoms with E-state index in [4.69, 9.17) is 5.11 Å². The molecule has 122 valence electrons. The molecule has 1 aliphatic carbocycles. The summed E-state index contributed by atoms with van der Waals surface area (Å²) in [6.07, 6.45) is 3.37. The van der Waals surface area contributed by atoms with Gasteiger partial charge < -0.3 is 15.3 Å². The summed E-state index contributed by atoms with van der Waals surface area (Å²) in [6.45, 7) is 0.579. The summed E-state index contributed by atoms with van der Waals surface area (Å²) in [5, 5.41) is 11.8. The number of benzene rings is 1. The van der Waals surface area contributed by atoms with Crippen LogP contribution in [0.4, 0.5) is 5.69 Å². The number of carbonyl (C=O) groups is 3. The van der Waals surface area contributed by atoms with Crippen molar-refractivity contribution in [3.8, 4) is 0 Å². The summed E-state index contributed by atoms with van der Waals surface area (Å²) in [7, 11) is 0. The summed E-state index contributed by atoms with van der Waals surface area (Å²) < 4.78 is 0. The molecule has 0 aromatic heterocycles. The zero-order valence-corrected chi connectivity index (χ0v) is 12.8. The van der Waals surface area contributed by atoms with Crippen molar-refractivity contribution >= 4 is 23.5 Å². The summed E-state index contributed by atoms with van der Waals surface area (Å²) in [6, 6.07) is 6.61. The molecule has 3 rings (SSSR count). The molecule has 2 fully saturated rings. The van der Waals surface area contributed by atoms with Crippen molar-refractivity contribution in [3.63, 3.8) is 0 Å². The average molecular weight is 316 g/mol. The molecule has 0 spiro atoms. The van der Waals surface area contributed by atoms with E-state index in [2.05, 4.69) is 5.32 Å². The van der Waals surface area contributed by atoms with E-state index in [1.54, 1.807) is 29.2 Å². The monoisotopic (exact) mass is 316 g/mol. The predicted molar refractivity (Wildman–Crippen MR) is 84.1 cm³/mol. The lowest BCUT2D eigenvalue weighted by Crippen LogP contribution is -2.36.